The Bertz CT molecular complexity index is 835. The van der Waals surface area contributed by atoms with Crippen molar-refractivity contribution in [1.29, 1.82) is 0 Å². The summed E-state index contributed by atoms with van der Waals surface area (Å²) in [6.07, 6.45) is 3.53. The van der Waals surface area contributed by atoms with Crippen molar-refractivity contribution in [1.82, 2.24) is 15.7 Å². The van der Waals surface area contributed by atoms with Gasteiger partial charge >= 0.3 is 0 Å². The third-order valence-corrected chi connectivity index (χ3v) is 4.52. The number of carbonyl (C=O) groups is 3. The lowest BCUT2D eigenvalue weighted by atomic mass is 10.0. The maximum Gasteiger partial charge on any atom is 0.288 e. The van der Waals surface area contributed by atoms with Crippen LogP contribution in [0.1, 0.15) is 43.2 Å². The highest BCUT2D eigenvalue weighted by molar-refractivity contribution is 5.97. The van der Waals surface area contributed by atoms with Crippen LogP contribution in [0.25, 0.3) is 11.0 Å². The SMILES string of the molecule is CCCCC[C@@H](CN(O)C=O)C(=O)NCNC(=O)c1cc2cccc(OC)c2o1. The van der Waals surface area contributed by atoms with Gasteiger partial charge in [0.2, 0.25) is 12.3 Å². The van der Waals surface area contributed by atoms with E-state index in [0.717, 1.165) is 24.6 Å². The van der Waals surface area contributed by atoms with Crippen molar-refractivity contribution in [3.63, 3.8) is 0 Å². The van der Waals surface area contributed by atoms with Crippen molar-refractivity contribution in [3.05, 3.63) is 30.0 Å². The largest absolute Gasteiger partial charge is 0.493 e. The Balaban J connectivity index is 1.91. The average Bonchev–Trinajstić information content (AvgIpc) is 3.17. The maximum absolute atomic E-state index is 12.4. The van der Waals surface area contributed by atoms with Gasteiger partial charge in [0.05, 0.1) is 26.2 Å². The van der Waals surface area contributed by atoms with Crippen LogP contribution in [-0.4, -0.2) is 48.8 Å². The number of hydrogen-bond donors (Lipinski definition) is 3. The second-order valence-corrected chi connectivity index (χ2v) is 6.63. The molecule has 1 aromatic heterocycles. The summed E-state index contributed by atoms with van der Waals surface area (Å²) >= 11 is 0. The van der Waals surface area contributed by atoms with E-state index in [1.807, 2.05) is 6.92 Å². The lowest BCUT2D eigenvalue weighted by molar-refractivity contribution is -0.154. The Hall–Kier alpha value is -3.07. The molecule has 0 aliphatic carbocycles. The number of amides is 3. The minimum atomic E-state index is -0.566. The number of hydroxylamine groups is 2. The highest BCUT2D eigenvalue weighted by atomic mass is 16.5. The van der Waals surface area contributed by atoms with Crippen LogP contribution in [0.4, 0.5) is 0 Å². The Morgan fingerprint density at radius 1 is 1.31 bits per heavy atom. The summed E-state index contributed by atoms with van der Waals surface area (Å²) < 4.78 is 10.8. The number of nitrogens with one attached hydrogen (secondary N) is 2. The van der Waals surface area contributed by atoms with Crippen LogP contribution in [0.3, 0.4) is 0 Å². The fourth-order valence-corrected chi connectivity index (χ4v) is 2.97. The first-order chi connectivity index (χ1) is 14.0. The van der Waals surface area contributed by atoms with E-state index in [4.69, 9.17) is 9.15 Å². The molecule has 158 valence electrons. The first-order valence-electron chi connectivity index (χ1n) is 9.53. The molecule has 0 aliphatic heterocycles. The molecule has 2 rings (SSSR count). The standard InChI is InChI=1S/C20H27N3O6/c1-3-4-5-7-15(11-23(27)13-24)19(25)21-12-22-20(26)17-10-14-8-6-9-16(28-2)18(14)29-17/h6,8-10,13,15,27H,3-5,7,11-12H2,1-2H3,(H,21,25)(H,22,26)/t15-/m0/s1. The van der Waals surface area contributed by atoms with Crippen molar-refractivity contribution in [2.45, 2.75) is 32.6 Å². The zero-order chi connectivity index (χ0) is 21.2. The molecule has 1 atom stereocenters. The second-order valence-electron chi connectivity index (χ2n) is 6.63. The third kappa shape index (κ3) is 6.21. The molecule has 2 aromatic rings. The summed E-state index contributed by atoms with van der Waals surface area (Å²) in [7, 11) is 1.52. The molecule has 9 heteroatoms. The van der Waals surface area contributed by atoms with Crippen LogP contribution in [-0.2, 0) is 9.59 Å². The second kappa shape index (κ2) is 11.1. The van der Waals surface area contributed by atoms with Crippen LogP contribution >= 0.6 is 0 Å². The number of furan rings is 1. The van der Waals surface area contributed by atoms with Gasteiger partial charge in [0.25, 0.3) is 5.91 Å². The third-order valence-electron chi connectivity index (χ3n) is 4.52. The van der Waals surface area contributed by atoms with Gasteiger partial charge in [-0.1, -0.05) is 38.3 Å². The van der Waals surface area contributed by atoms with E-state index in [-0.39, 0.29) is 31.3 Å². The van der Waals surface area contributed by atoms with E-state index in [2.05, 4.69) is 10.6 Å². The van der Waals surface area contributed by atoms with E-state index in [1.165, 1.54) is 7.11 Å². The molecule has 0 spiro atoms. The number of methoxy groups -OCH3 is 1. The minimum Gasteiger partial charge on any atom is -0.493 e. The molecule has 0 saturated heterocycles. The van der Waals surface area contributed by atoms with Crippen molar-refractivity contribution in [3.8, 4) is 5.75 Å². The number of fused-ring (bicyclic) bond motifs is 1. The number of hydrogen-bond acceptors (Lipinski definition) is 6. The van der Waals surface area contributed by atoms with Crippen molar-refractivity contribution in [2.75, 3.05) is 20.3 Å². The number of nitrogens with zero attached hydrogens (tertiary/aromatic N) is 1. The molecule has 0 bridgehead atoms. The number of carbonyl (C=O) groups excluding carboxylic acids is 3. The molecule has 0 unspecified atom stereocenters. The molecule has 0 saturated carbocycles. The summed E-state index contributed by atoms with van der Waals surface area (Å²) in [6, 6.07) is 6.92. The van der Waals surface area contributed by atoms with E-state index in [0.29, 0.717) is 22.8 Å². The Morgan fingerprint density at radius 3 is 2.79 bits per heavy atom. The van der Waals surface area contributed by atoms with Crippen LogP contribution in [0.5, 0.6) is 5.75 Å². The van der Waals surface area contributed by atoms with Crippen LogP contribution in [0.2, 0.25) is 0 Å². The Morgan fingerprint density at radius 2 is 2.10 bits per heavy atom. The zero-order valence-electron chi connectivity index (χ0n) is 16.6. The molecule has 1 aromatic carbocycles. The van der Waals surface area contributed by atoms with E-state index >= 15 is 0 Å². The highest BCUT2D eigenvalue weighted by Crippen LogP contribution is 2.28. The van der Waals surface area contributed by atoms with Crippen molar-refractivity contribution < 1.29 is 28.7 Å². The monoisotopic (exact) mass is 405 g/mol. The number of rotatable bonds is 12. The Labute approximate surface area is 168 Å². The fourth-order valence-electron chi connectivity index (χ4n) is 2.97. The maximum atomic E-state index is 12.4. The van der Waals surface area contributed by atoms with Gasteiger partial charge in [-0.2, -0.15) is 0 Å². The summed E-state index contributed by atoms with van der Waals surface area (Å²) in [5.41, 5.74) is 0.470. The highest BCUT2D eigenvalue weighted by Gasteiger charge is 2.21. The molecular weight excluding hydrogens is 378 g/mol. The molecule has 3 N–H and O–H groups in total. The smallest absolute Gasteiger partial charge is 0.288 e. The van der Waals surface area contributed by atoms with Crippen molar-refractivity contribution in [2.24, 2.45) is 5.92 Å². The first kappa shape index (κ1) is 22.2. The van der Waals surface area contributed by atoms with E-state index in [9.17, 15) is 19.6 Å². The predicted molar refractivity (Wildman–Crippen MR) is 105 cm³/mol. The van der Waals surface area contributed by atoms with Gasteiger partial charge in [-0.25, -0.2) is 5.06 Å². The topological polar surface area (TPSA) is 121 Å². The average molecular weight is 405 g/mol. The van der Waals surface area contributed by atoms with Gasteiger partial charge in [0.1, 0.15) is 0 Å². The van der Waals surface area contributed by atoms with Crippen LogP contribution in [0, 0.1) is 5.92 Å². The van der Waals surface area contributed by atoms with Gasteiger partial charge in [-0.3, -0.25) is 19.6 Å². The van der Waals surface area contributed by atoms with Gasteiger partial charge in [0.15, 0.2) is 17.1 Å². The quantitative estimate of drug-likeness (QED) is 0.164. The summed E-state index contributed by atoms with van der Waals surface area (Å²) in [6.45, 7) is 1.83. The molecule has 29 heavy (non-hydrogen) atoms. The summed E-state index contributed by atoms with van der Waals surface area (Å²) in [5, 5.41) is 15.8. The van der Waals surface area contributed by atoms with Gasteiger partial charge in [-0.15, -0.1) is 0 Å². The molecule has 0 aliphatic rings. The zero-order valence-corrected chi connectivity index (χ0v) is 16.6. The van der Waals surface area contributed by atoms with Gasteiger partial charge in [-0.05, 0) is 18.6 Å². The lowest BCUT2D eigenvalue weighted by Gasteiger charge is -2.19. The number of para-hydroxylation sites is 1. The van der Waals surface area contributed by atoms with E-state index in [1.54, 1.807) is 24.3 Å². The van der Waals surface area contributed by atoms with Gasteiger partial charge in [0, 0.05) is 5.39 Å². The number of ether oxygens (including phenoxy) is 1. The predicted octanol–water partition coefficient (Wildman–Crippen LogP) is 2.29. The first-order valence-corrected chi connectivity index (χ1v) is 9.53. The number of unbranched alkanes of at least 4 members (excludes halogenated alkanes) is 2. The fraction of sp³-hybridized carbons (Fsp3) is 0.450. The molecule has 9 nitrogen and oxygen atoms in total. The van der Waals surface area contributed by atoms with Crippen molar-refractivity contribution >= 4 is 29.2 Å². The van der Waals surface area contributed by atoms with Crippen LogP contribution < -0.4 is 15.4 Å². The van der Waals surface area contributed by atoms with E-state index < -0.39 is 11.8 Å². The molecule has 3 amide bonds. The lowest BCUT2D eigenvalue weighted by Crippen LogP contribution is -2.42. The molecule has 0 radical (unpaired) electrons. The summed E-state index contributed by atoms with van der Waals surface area (Å²) in [4.78, 5) is 35.3. The van der Waals surface area contributed by atoms with Crippen LogP contribution in [0.15, 0.2) is 28.7 Å². The normalized spacial score (nSPS) is 11.7. The minimum absolute atomic E-state index is 0.0979. The summed E-state index contributed by atoms with van der Waals surface area (Å²) in [5.74, 6) is -0.783. The Kier molecular flexibility index (Phi) is 8.47. The van der Waals surface area contributed by atoms with Gasteiger partial charge < -0.3 is 19.8 Å². The molecule has 1 heterocycles. The molecular formula is C20H27N3O6. The molecule has 0 fully saturated rings. The number of benzene rings is 1.